The highest BCUT2D eigenvalue weighted by Gasteiger charge is 2.38. The van der Waals surface area contributed by atoms with Crippen molar-refractivity contribution in [3.63, 3.8) is 0 Å². The van der Waals surface area contributed by atoms with Gasteiger partial charge in [-0.25, -0.2) is 8.78 Å². The van der Waals surface area contributed by atoms with E-state index in [4.69, 9.17) is 9.47 Å². The summed E-state index contributed by atoms with van der Waals surface area (Å²) in [6.07, 6.45) is 1.17. The van der Waals surface area contributed by atoms with Crippen LogP contribution in [0.5, 0.6) is 0 Å². The van der Waals surface area contributed by atoms with Crippen LogP contribution in [0.1, 0.15) is 25.7 Å². The Kier molecular flexibility index (Phi) is 4.10. The molecular weight excluding hydrogens is 216 g/mol. The van der Waals surface area contributed by atoms with Gasteiger partial charge in [0.15, 0.2) is 0 Å². The number of nitrogens with one attached hydrogen (secondary N) is 1. The molecule has 0 bridgehead atoms. The van der Waals surface area contributed by atoms with Crippen LogP contribution in [0.25, 0.3) is 0 Å². The molecule has 1 atom stereocenters. The Bertz CT molecular complexity index is 215. The van der Waals surface area contributed by atoms with Gasteiger partial charge in [0.25, 0.3) is 6.43 Å². The van der Waals surface area contributed by atoms with Gasteiger partial charge in [-0.2, -0.15) is 0 Å². The quantitative estimate of drug-likeness (QED) is 0.805. The predicted octanol–water partition coefficient (Wildman–Crippen LogP) is 1.57. The van der Waals surface area contributed by atoms with E-state index in [1.165, 1.54) is 0 Å². The third-order valence-electron chi connectivity index (χ3n) is 3.46. The molecule has 1 unspecified atom stereocenters. The topological polar surface area (TPSA) is 30.5 Å². The van der Waals surface area contributed by atoms with Gasteiger partial charge in [-0.15, -0.1) is 0 Å². The number of rotatable bonds is 3. The van der Waals surface area contributed by atoms with Crippen LogP contribution in [-0.2, 0) is 9.47 Å². The molecule has 0 aromatic carbocycles. The summed E-state index contributed by atoms with van der Waals surface area (Å²) < 4.78 is 35.4. The van der Waals surface area contributed by atoms with E-state index in [1.807, 2.05) is 0 Å². The Morgan fingerprint density at radius 1 is 1.25 bits per heavy atom. The fourth-order valence-electron chi connectivity index (χ4n) is 2.55. The van der Waals surface area contributed by atoms with Crippen molar-refractivity contribution in [2.45, 2.75) is 43.8 Å². The molecule has 2 aliphatic heterocycles. The largest absolute Gasteiger partial charge is 0.381 e. The van der Waals surface area contributed by atoms with Crippen LogP contribution in [0, 0.1) is 0 Å². The van der Waals surface area contributed by atoms with Gasteiger partial charge in [0.2, 0.25) is 0 Å². The van der Waals surface area contributed by atoms with E-state index < -0.39 is 6.43 Å². The third-order valence-corrected chi connectivity index (χ3v) is 3.46. The SMILES string of the molecule is FC(F)CNC1CCOC2(CCOCC2)C1. The maximum atomic E-state index is 12.1. The van der Waals surface area contributed by atoms with E-state index in [0.29, 0.717) is 6.61 Å². The van der Waals surface area contributed by atoms with Gasteiger partial charge in [0, 0.05) is 25.9 Å². The summed E-state index contributed by atoms with van der Waals surface area (Å²) in [6, 6.07) is 0.167. The molecule has 2 rings (SSSR count). The zero-order valence-corrected chi connectivity index (χ0v) is 9.38. The normalized spacial score (nSPS) is 29.8. The van der Waals surface area contributed by atoms with Gasteiger partial charge in [0.05, 0.1) is 12.1 Å². The highest BCUT2D eigenvalue weighted by molar-refractivity contribution is 4.91. The molecule has 2 saturated heterocycles. The predicted molar refractivity (Wildman–Crippen MR) is 55.8 cm³/mol. The van der Waals surface area contributed by atoms with Crippen molar-refractivity contribution in [3.05, 3.63) is 0 Å². The molecule has 2 heterocycles. The standard InChI is InChI=1S/C11H19F2NO2/c12-10(13)8-14-9-1-4-16-11(7-9)2-5-15-6-3-11/h9-10,14H,1-8H2. The molecule has 0 amide bonds. The Morgan fingerprint density at radius 2 is 2.00 bits per heavy atom. The lowest BCUT2D eigenvalue weighted by molar-refractivity contribution is -0.140. The first-order chi connectivity index (χ1) is 7.70. The van der Waals surface area contributed by atoms with Crippen molar-refractivity contribution in [2.24, 2.45) is 0 Å². The van der Waals surface area contributed by atoms with Gasteiger partial charge in [-0.05, 0) is 25.7 Å². The van der Waals surface area contributed by atoms with Gasteiger partial charge in [-0.3, -0.25) is 0 Å². The Hall–Kier alpha value is -0.260. The first kappa shape index (κ1) is 12.2. The fourth-order valence-corrected chi connectivity index (χ4v) is 2.55. The van der Waals surface area contributed by atoms with Crippen LogP contribution in [0.3, 0.4) is 0 Å². The molecule has 0 saturated carbocycles. The zero-order valence-electron chi connectivity index (χ0n) is 9.38. The molecule has 16 heavy (non-hydrogen) atoms. The molecule has 2 aliphatic rings. The molecule has 0 aliphatic carbocycles. The minimum Gasteiger partial charge on any atom is -0.381 e. The lowest BCUT2D eigenvalue weighted by Gasteiger charge is -2.43. The summed E-state index contributed by atoms with van der Waals surface area (Å²) >= 11 is 0. The van der Waals surface area contributed by atoms with E-state index in [-0.39, 0.29) is 18.2 Å². The van der Waals surface area contributed by atoms with Crippen LogP contribution in [0.2, 0.25) is 0 Å². The summed E-state index contributed by atoms with van der Waals surface area (Å²) in [5.74, 6) is 0. The van der Waals surface area contributed by atoms with Crippen molar-refractivity contribution in [3.8, 4) is 0 Å². The Labute approximate surface area is 94.5 Å². The molecule has 2 fully saturated rings. The van der Waals surface area contributed by atoms with Gasteiger partial charge < -0.3 is 14.8 Å². The first-order valence-corrected chi connectivity index (χ1v) is 5.93. The van der Waals surface area contributed by atoms with E-state index >= 15 is 0 Å². The van der Waals surface area contributed by atoms with E-state index in [9.17, 15) is 8.78 Å². The average molecular weight is 235 g/mol. The fraction of sp³-hybridized carbons (Fsp3) is 1.00. The summed E-state index contributed by atoms with van der Waals surface area (Å²) in [5, 5.41) is 2.92. The molecule has 0 aromatic heterocycles. The van der Waals surface area contributed by atoms with Crippen molar-refractivity contribution in [1.29, 1.82) is 0 Å². The number of halogens is 2. The first-order valence-electron chi connectivity index (χ1n) is 5.93. The van der Waals surface area contributed by atoms with E-state index in [0.717, 1.165) is 38.9 Å². The van der Waals surface area contributed by atoms with Crippen LogP contribution in [-0.4, -0.2) is 44.4 Å². The number of hydrogen-bond donors (Lipinski definition) is 1. The van der Waals surface area contributed by atoms with E-state index in [1.54, 1.807) is 0 Å². The van der Waals surface area contributed by atoms with E-state index in [2.05, 4.69) is 5.32 Å². The smallest absolute Gasteiger partial charge is 0.250 e. The second-order valence-corrected chi connectivity index (χ2v) is 4.63. The molecule has 5 heteroatoms. The molecule has 94 valence electrons. The van der Waals surface area contributed by atoms with Crippen LogP contribution < -0.4 is 5.32 Å². The molecule has 1 N–H and O–H groups in total. The summed E-state index contributed by atoms with van der Waals surface area (Å²) in [7, 11) is 0. The lowest BCUT2D eigenvalue weighted by atomic mass is 9.84. The summed E-state index contributed by atoms with van der Waals surface area (Å²) in [5.41, 5.74) is -0.115. The van der Waals surface area contributed by atoms with Crippen LogP contribution in [0.4, 0.5) is 8.78 Å². The minimum atomic E-state index is -2.27. The van der Waals surface area contributed by atoms with Crippen molar-refractivity contribution < 1.29 is 18.3 Å². The van der Waals surface area contributed by atoms with Crippen molar-refractivity contribution in [2.75, 3.05) is 26.4 Å². The summed E-state index contributed by atoms with van der Waals surface area (Å²) in [6.45, 7) is 1.90. The van der Waals surface area contributed by atoms with Crippen LogP contribution >= 0.6 is 0 Å². The number of hydrogen-bond acceptors (Lipinski definition) is 3. The maximum Gasteiger partial charge on any atom is 0.250 e. The molecule has 3 nitrogen and oxygen atoms in total. The molecular formula is C11H19F2NO2. The molecule has 0 aromatic rings. The average Bonchev–Trinajstić information content (AvgIpc) is 2.28. The Balaban J connectivity index is 1.83. The summed E-state index contributed by atoms with van der Waals surface area (Å²) in [4.78, 5) is 0. The highest BCUT2D eigenvalue weighted by atomic mass is 19.3. The maximum absolute atomic E-state index is 12.1. The number of ether oxygens (including phenoxy) is 2. The molecule has 1 spiro atoms. The third kappa shape index (κ3) is 3.12. The van der Waals surface area contributed by atoms with Gasteiger partial charge >= 0.3 is 0 Å². The van der Waals surface area contributed by atoms with Crippen molar-refractivity contribution >= 4 is 0 Å². The van der Waals surface area contributed by atoms with Crippen LogP contribution in [0.15, 0.2) is 0 Å². The highest BCUT2D eigenvalue weighted by Crippen LogP contribution is 2.34. The monoisotopic (exact) mass is 235 g/mol. The Morgan fingerprint density at radius 3 is 2.69 bits per heavy atom. The number of alkyl halides is 2. The zero-order chi connectivity index (χ0) is 11.4. The second-order valence-electron chi connectivity index (χ2n) is 4.63. The second kappa shape index (κ2) is 5.38. The lowest BCUT2D eigenvalue weighted by Crippen LogP contribution is -2.50. The van der Waals surface area contributed by atoms with Gasteiger partial charge in [-0.1, -0.05) is 0 Å². The van der Waals surface area contributed by atoms with Crippen molar-refractivity contribution in [1.82, 2.24) is 5.32 Å². The van der Waals surface area contributed by atoms with Gasteiger partial charge in [0.1, 0.15) is 0 Å². The minimum absolute atomic E-state index is 0.115. The molecule has 0 radical (unpaired) electrons.